The zero-order valence-electron chi connectivity index (χ0n) is 10.8. The van der Waals surface area contributed by atoms with E-state index in [0.717, 1.165) is 5.56 Å². The van der Waals surface area contributed by atoms with E-state index in [2.05, 4.69) is 0 Å². The van der Waals surface area contributed by atoms with Gasteiger partial charge in [0, 0.05) is 19.0 Å². The van der Waals surface area contributed by atoms with Crippen LogP contribution >= 0.6 is 11.8 Å². The minimum Gasteiger partial charge on any atom is -0.481 e. The van der Waals surface area contributed by atoms with E-state index in [4.69, 9.17) is 0 Å². The number of hydrogen-bond acceptors (Lipinski definition) is 3. The van der Waals surface area contributed by atoms with Crippen molar-refractivity contribution in [2.75, 3.05) is 25.1 Å². The molecule has 2 rings (SSSR count). The van der Waals surface area contributed by atoms with Gasteiger partial charge in [0.25, 0.3) is 0 Å². The van der Waals surface area contributed by atoms with E-state index >= 15 is 0 Å². The minimum atomic E-state index is -0.826. The number of carboxylic acids is 1. The number of aliphatic carboxylic acids is 1. The highest BCUT2D eigenvalue weighted by atomic mass is 32.2. The average molecular weight is 279 g/mol. The van der Waals surface area contributed by atoms with Crippen LogP contribution in [0.3, 0.4) is 0 Å². The van der Waals surface area contributed by atoms with Gasteiger partial charge in [-0.3, -0.25) is 9.59 Å². The van der Waals surface area contributed by atoms with E-state index in [1.807, 2.05) is 36.6 Å². The van der Waals surface area contributed by atoms with Gasteiger partial charge in [0.05, 0.1) is 11.7 Å². The lowest BCUT2D eigenvalue weighted by atomic mass is 9.89. The molecule has 1 N–H and O–H groups in total. The Morgan fingerprint density at radius 3 is 2.58 bits per heavy atom. The molecule has 0 bridgehead atoms. The third kappa shape index (κ3) is 3.10. The molecule has 1 aliphatic rings. The maximum atomic E-state index is 11.9. The van der Waals surface area contributed by atoms with Gasteiger partial charge in [-0.15, -0.1) is 0 Å². The van der Waals surface area contributed by atoms with Gasteiger partial charge in [-0.05, 0) is 11.8 Å². The van der Waals surface area contributed by atoms with E-state index in [1.54, 1.807) is 4.90 Å². The first-order chi connectivity index (χ1) is 9.13. The number of amides is 1. The van der Waals surface area contributed by atoms with Crippen molar-refractivity contribution in [2.45, 2.75) is 5.92 Å². The van der Waals surface area contributed by atoms with Crippen LogP contribution in [0, 0.1) is 5.92 Å². The van der Waals surface area contributed by atoms with E-state index in [-0.39, 0.29) is 11.8 Å². The van der Waals surface area contributed by atoms with Crippen LogP contribution in [0.15, 0.2) is 30.3 Å². The van der Waals surface area contributed by atoms with Crippen LogP contribution < -0.4 is 0 Å². The molecule has 1 saturated heterocycles. The van der Waals surface area contributed by atoms with Gasteiger partial charge >= 0.3 is 5.97 Å². The predicted molar refractivity (Wildman–Crippen MR) is 75.3 cm³/mol. The van der Waals surface area contributed by atoms with Gasteiger partial charge in [0.15, 0.2) is 0 Å². The number of likely N-dealkylation sites (tertiary alicyclic amines) is 1. The number of carbonyl (C=O) groups excluding carboxylic acids is 1. The number of benzene rings is 1. The topological polar surface area (TPSA) is 57.6 Å². The van der Waals surface area contributed by atoms with Crippen molar-refractivity contribution >= 4 is 23.6 Å². The Hall–Kier alpha value is -1.49. The standard InChI is InChI=1S/C14H17NO3S/c1-19-9-13(16)15-7-11(12(8-15)14(17)18)10-5-3-2-4-6-10/h2-6,11-12H,7-9H2,1H3,(H,17,18)/t11-,12+/m0/s1. The lowest BCUT2D eigenvalue weighted by Gasteiger charge is -2.15. The zero-order chi connectivity index (χ0) is 13.8. The smallest absolute Gasteiger partial charge is 0.308 e. The summed E-state index contributed by atoms with van der Waals surface area (Å²) in [5.74, 6) is -1.00. The van der Waals surface area contributed by atoms with E-state index in [0.29, 0.717) is 18.8 Å². The molecular weight excluding hydrogens is 262 g/mol. The summed E-state index contributed by atoms with van der Waals surface area (Å²) in [5.41, 5.74) is 0.995. The first-order valence-electron chi connectivity index (χ1n) is 6.18. The van der Waals surface area contributed by atoms with Crippen LogP contribution in [0.5, 0.6) is 0 Å². The lowest BCUT2D eigenvalue weighted by molar-refractivity contribution is -0.141. The van der Waals surface area contributed by atoms with Crippen molar-refractivity contribution < 1.29 is 14.7 Å². The third-order valence-corrected chi connectivity index (χ3v) is 4.02. The van der Waals surface area contributed by atoms with Gasteiger partial charge in [0.1, 0.15) is 0 Å². The summed E-state index contributed by atoms with van der Waals surface area (Å²) in [6.45, 7) is 0.814. The molecule has 1 aromatic carbocycles. The van der Waals surface area contributed by atoms with Gasteiger partial charge in [-0.2, -0.15) is 11.8 Å². The molecular formula is C14H17NO3S. The van der Waals surface area contributed by atoms with Crippen molar-refractivity contribution in [3.8, 4) is 0 Å². The quantitative estimate of drug-likeness (QED) is 0.911. The van der Waals surface area contributed by atoms with Gasteiger partial charge in [-0.1, -0.05) is 30.3 Å². The molecule has 4 nitrogen and oxygen atoms in total. The second-order valence-corrected chi connectivity index (χ2v) is 5.56. The lowest BCUT2D eigenvalue weighted by Crippen LogP contribution is -2.31. The van der Waals surface area contributed by atoms with Crippen molar-refractivity contribution in [3.05, 3.63) is 35.9 Å². The summed E-state index contributed by atoms with van der Waals surface area (Å²) < 4.78 is 0. The molecule has 102 valence electrons. The predicted octanol–water partition coefficient (Wildman–Crippen LogP) is 1.68. The van der Waals surface area contributed by atoms with Crippen molar-refractivity contribution in [1.29, 1.82) is 0 Å². The molecule has 1 aromatic rings. The molecule has 0 radical (unpaired) electrons. The Labute approximate surface area is 116 Å². The Balaban J connectivity index is 2.18. The Bertz CT molecular complexity index is 463. The SMILES string of the molecule is CSCC(=O)N1C[C@@H](C(=O)O)[C@H](c2ccccc2)C1. The fourth-order valence-corrected chi connectivity index (χ4v) is 2.94. The van der Waals surface area contributed by atoms with Crippen molar-refractivity contribution in [1.82, 2.24) is 4.90 Å². The minimum absolute atomic E-state index is 0.0252. The first kappa shape index (κ1) is 13.9. The molecule has 5 heteroatoms. The average Bonchev–Trinajstić information content (AvgIpc) is 2.85. The van der Waals surface area contributed by atoms with E-state index in [1.165, 1.54) is 11.8 Å². The third-order valence-electron chi connectivity index (χ3n) is 3.49. The van der Waals surface area contributed by atoms with Crippen LogP contribution in [-0.2, 0) is 9.59 Å². The summed E-state index contributed by atoms with van der Waals surface area (Å²) >= 11 is 1.46. The molecule has 0 saturated carbocycles. The second-order valence-electron chi connectivity index (χ2n) is 4.69. The molecule has 0 aliphatic carbocycles. The summed E-state index contributed by atoms with van der Waals surface area (Å²) in [6.07, 6.45) is 1.87. The molecule has 0 unspecified atom stereocenters. The normalized spacial score (nSPS) is 22.5. The molecule has 0 aromatic heterocycles. The largest absolute Gasteiger partial charge is 0.481 e. The molecule has 1 heterocycles. The first-order valence-corrected chi connectivity index (χ1v) is 7.57. The molecule has 0 spiro atoms. The van der Waals surface area contributed by atoms with E-state index < -0.39 is 11.9 Å². The highest BCUT2D eigenvalue weighted by Gasteiger charge is 2.40. The van der Waals surface area contributed by atoms with Crippen LogP contribution in [0.1, 0.15) is 11.5 Å². The summed E-state index contributed by atoms with van der Waals surface area (Å²) in [4.78, 5) is 24.9. The highest BCUT2D eigenvalue weighted by Crippen LogP contribution is 2.33. The zero-order valence-corrected chi connectivity index (χ0v) is 11.6. The number of carbonyl (C=O) groups is 2. The molecule has 1 amide bonds. The number of nitrogens with zero attached hydrogens (tertiary/aromatic N) is 1. The highest BCUT2D eigenvalue weighted by molar-refractivity contribution is 7.99. The number of carboxylic acid groups (broad SMARTS) is 1. The Morgan fingerprint density at radius 1 is 1.32 bits per heavy atom. The van der Waals surface area contributed by atoms with Gasteiger partial charge in [0.2, 0.25) is 5.91 Å². The fourth-order valence-electron chi connectivity index (χ4n) is 2.51. The van der Waals surface area contributed by atoms with E-state index in [9.17, 15) is 14.7 Å². The maximum absolute atomic E-state index is 11.9. The number of hydrogen-bond donors (Lipinski definition) is 1. The second kappa shape index (κ2) is 6.10. The summed E-state index contributed by atoms with van der Waals surface area (Å²) in [6, 6.07) is 9.58. The summed E-state index contributed by atoms with van der Waals surface area (Å²) in [5, 5.41) is 9.33. The molecule has 1 fully saturated rings. The Morgan fingerprint density at radius 2 is 2.00 bits per heavy atom. The van der Waals surface area contributed by atoms with Crippen LogP contribution in [0.4, 0.5) is 0 Å². The Kier molecular flexibility index (Phi) is 4.47. The summed E-state index contributed by atoms with van der Waals surface area (Å²) in [7, 11) is 0. The number of rotatable bonds is 4. The van der Waals surface area contributed by atoms with Crippen molar-refractivity contribution in [3.63, 3.8) is 0 Å². The van der Waals surface area contributed by atoms with Crippen LogP contribution in [0.25, 0.3) is 0 Å². The van der Waals surface area contributed by atoms with Crippen molar-refractivity contribution in [2.24, 2.45) is 5.92 Å². The fraction of sp³-hybridized carbons (Fsp3) is 0.429. The van der Waals surface area contributed by atoms with Gasteiger partial charge < -0.3 is 10.0 Å². The molecule has 2 atom stereocenters. The maximum Gasteiger partial charge on any atom is 0.308 e. The van der Waals surface area contributed by atoms with Crippen LogP contribution in [0.2, 0.25) is 0 Å². The molecule has 19 heavy (non-hydrogen) atoms. The molecule has 1 aliphatic heterocycles. The van der Waals surface area contributed by atoms with Gasteiger partial charge in [-0.25, -0.2) is 0 Å². The van der Waals surface area contributed by atoms with Crippen LogP contribution in [-0.4, -0.2) is 47.0 Å². The monoisotopic (exact) mass is 279 g/mol. The number of thioether (sulfide) groups is 1.